The maximum Gasteiger partial charge on any atom is 0.167 e. The second-order valence-electron chi connectivity index (χ2n) is 16.0. The van der Waals surface area contributed by atoms with E-state index < -0.39 is 0 Å². The fourth-order valence-corrected chi connectivity index (χ4v) is 9.29. The summed E-state index contributed by atoms with van der Waals surface area (Å²) in [6.45, 7) is 6.99. The number of phenolic OH excluding ortho intramolecular Hbond substituents is 1. The van der Waals surface area contributed by atoms with Gasteiger partial charge in [0.2, 0.25) is 0 Å². The monoisotopic (exact) mass is 925 g/mol. The molecule has 8 nitrogen and oxygen atoms in total. The molecular formula is C49H57Br2N3O5. The minimum atomic E-state index is -0.0000196. The van der Waals surface area contributed by atoms with E-state index in [4.69, 9.17) is 33.9 Å². The highest BCUT2D eigenvalue weighted by atomic mass is 79.9. The quantitative estimate of drug-likeness (QED) is 0.0728. The van der Waals surface area contributed by atoms with Gasteiger partial charge in [0.15, 0.2) is 17.5 Å². The van der Waals surface area contributed by atoms with Gasteiger partial charge in [0, 0.05) is 17.2 Å². The number of nitrogens with zero attached hydrogens (tertiary/aromatic N) is 3. The van der Waals surface area contributed by atoms with Crippen molar-refractivity contribution in [2.24, 2.45) is 0 Å². The number of ether oxygens (including phenoxy) is 4. The maximum absolute atomic E-state index is 11.5. The number of hydrogen-bond donors (Lipinski definition) is 1. The van der Waals surface area contributed by atoms with Gasteiger partial charge in [-0.25, -0.2) is 15.0 Å². The molecule has 0 saturated heterocycles. The fourth-order valence-electron chi connectivity index (χ4n) is 7.90. The summed E-state index contributed by atoms with van der Waals surface area (Å²) in [6, 6.07) is 25.1. The highest BCUT2D eigenvalue weighted by Crippen LogP contribution is 2.37. The van der Waals surface area contributed by atoms with Crippen LogP contribution in [0.4, 0.5) is 0 Å². The highest BCUT2D eigenvalue weighted by Gasteiger charge is 2.26. The third-order valence-corrected chi connectivity index (χ3v) is 13.5. The Morgan fingerprint density at radius 1 is 0.576 bits per heavy atom. The molecular weight excluding hydrogens is 870 g/mol. The molecule has 0 amide bonds. The van der Waals surface area contributed by atoms with Crippen LogP contribution in [0.3, 0.4) is 0 Å². The van der Waals surface area contributed by atoms with Gasteiger partial charge in [-0.15, -0.1) is 0 Å². The summed E-state index contributed by atoms with van der Waals surface area (Å²) in [6.07, 6.45) is 16.7. The van der Waals surface area contributed by atoms with E-state index >= 15 is 0 Å². The molecule has 2 aliphatic carbocycles. The molecule has 2 aliphatic rings. The summed E-state index contributed by atoms with van der Waals surface area (Å²) in [7, 11) is 0. The molecule has 1 N–H and O–H groups in total. The van der Waals surface area contributed by atoms with Crippen molar-refractivity contribution in [1.82, 2.24) is 15.0 Å². The fraction of sp³-hybridized carbons (Fsp3) is 0.449. The predicted octanol–water partition coefficient (Wildman–Crippen LogP) is 13.9. The molecule has 2 saturated carbocycles. The first kappa shape index (κ1) is 43.0. The van der Waals surface area contributed by atoms with Crippen LogP contribution in [0.2, 0.25) is 0 Å². The standard InChI is InChI=1S/C49H57Br2N3O5/c1-4-5-6-7-8-13-28-56-36-24-27-44(33(3)30-36)58-38-23-26-40(43(55)31-38)49-53-47(34-18-20-35(21-19-34)57-45-16-11-9-14-41(45)50)52-48(54-49)39-25-22-37(29-32(39)2)59-46-17-12-10-15-42(46)51/h18-27,29-31,41-42,45-46,55H,4-17,28H2,1-3H3. The SMILES string of the molecule is CCCCCCCCOc1ccc(Oc2ccc(-c3nc(-c4ccc(OC5CCCCC5Br)cc4)nc(-c4ccc(OC5CCCCC5Br)cc4C)n3)c(O)c2)c(C)c1. The zero-order chi connectivity index (χ0) is 41.1. The number of unbranched alkanes of at least 4 members (excludes halogenated alkanes) is 5. The Kier molecular flexibility index (Phi) is 15.2. The number of aromatic hydroxyl groups is 1. The van der Waals surface area contributed by atoms with Crippen LogP contribution in [-0.4, -0.2) is 48.5 Å². The molecule has 2 fully saturated rings. The summed E-state index contributed by atoms with van der Waals surface area (Å²) >= 11 is 7.64. The van der Waals surface area contributed by atoms with Crippen molar-refractivity contribution in [3.8, 4) is 68.7 Å². The minimum Gasteiger partial charge on any atom is -0.507 e. The number of halogens is 2. The topological polar surface area (TPSA) is 95.8 Å². The molecule has 0 spiro atoms. The number of benzene rings is 4. The molecule has 1 aromatic heterocycles. The molecule has 0 bridgehead atoms. The van der Waals surface area contributed by atoms with Crippen molar-refractivity contribution in [3.05, 3.63) is 90.0 Å². The minimum absolute atomic E-state index is 0.0000196. The Morgan fingerprint density at radius 2 is 1.14 bits per heavy atom. The third kappa shape index (κ3) is 11.6. The van der Waals surface area contributed by atoms with Crippen LogP contribution < -0.4 is 18.9 Å². The Labute approximate surface area is 366 Å². The smallest absolute Gasteiger partial charge is 0.167 e. The van der Waals surface area contributed by atoms with Crippen molar-refractivity contribution in [1.29, 1.82) is 0 Å². The number of aromatic nitrogens is 3. The molecule has 0 aliphatic heterocycles. The Morgan fingerprint density at radius 3 is 1.80 bits per heavy atom. The van der Waals surface area contributed by atoms with E-state index in [1.807, 2.05) is 74.5 Å². The maximum atomic E-state index is 11.5. The van der Waals surface area contributed by atoms with Gasteiger partial charge in [-0.1, -0.05) is 83.7 Å². The van der Waals surface area contributed by atoms with Crippen LogP contribution >= 0.6 is 31.9 Å². The van der Waals surface area contributed by atoms with Gasteiger partial charge in [0.1, 0.15) is 46.7 Å². The molecule has 312 valence electrons. The molecule has 1 heterocycles. The van der Waals surface area contributed by atoms with Gasteiger partial charge in [-0.3, -0.25) is 0 Å². The van der Waals surface area contributed by atoms with Gasteiger partial charge in [-0.05, 0) is 143 Å². The highest BCUT2D eigenvalue weighted by molar-refractivity contribution is 9.09. The summed E-state index contributed by atoms with van der Waals surface area (Å²) in [5, 5.41) is 11.5. The zero-order valence-electron chi connectivity index (χ0n) is 34.6. The van der Waals surface area contributed by atoms with E-state index in [0.29, 0.717) is 50.8 Å². The largest absolute Gasteiger partial charge is 0.507 e. The first-order valence-electron chi connectivity index (χ1n) is 21.6. The summed E-state index contributed by atoms with van der Waals surface area (Å²) in [5.41, 5.74) is 4.07. The number of phenols is 1. The molecule has 4 atom stereocenters. The normalized spacial score (nSPS) is 19.3. The molecule has 4 aromatic carbocycles. The lowest BCUT2D eigenvalue weighted by Crippen LogP contribution is -2.30. The second kappa shape index (κ2) is 20.9. The average Bonchev–Trinajstić information content (AvgIpc) is 3.23. The van der Waals surface area contributed by atoms with E-state index in [1.54, 1.807) is 12.1 Å². The Bertz CT molecular complexity index is 2150. The van der Waals surface area contributed by atoms with Gasteiger partial charge in [0.05, 0.1) is 21.8 Å². The van der Waals surface area contributed by atoms with Crippen molar-refractivity contribution in [3.63, 3.8) is 0 Å². The lowest BCUT2D eigenvalue weighted by Gasteiger charge is -2.28. The van der Waals surface area contributed by atoms with Crippen LogP contribution in [0.15, 0.2) is 78.9 Å². The third-order valence-electron chi connectivity index (χ3n) is 11.4. The van der Waals surface area contributed by atoms with E-state index in [1.165, 1.54) is 57.8 Å². The number of rotatable bonds is 17. The number of alkyl halides is 2. The summed E-state index contributed by atoms with van der Waals surface area (Å²) in [5.74, 6) is 5.01. The van der Waals surface area contributed by atoms with E-state index in [2.05, 4.69) is 44.8 Å². The Balaban J connectivity index is 1.12. The zero-order valence-corrected chi connectivity index (χ0v) is 37.8. The average molecular weight is 928 g/mol. The number of hydrogen-bond acceptors (Lipinski definition) is 8. The molecule has 7 rings (SSSR count). The van der Waals surface area contributed by atoms with Crippen LogP contribution in [0, 0.1) is 13.8 Å². The lowest BCUT2D eigenvalue weighted by atomic mass is 9.97. The second-order valence-corrected chi connectivity index (χ2v) is 18.4. The predicted molar refractivity (Wildman–Crippen MR) is 244 cm³/mol. The summed E-state index contributed by atoms with van der Waals surface area (Å²) in [4.78, 5) is 15.6. The molecule has 10 heteroatoms. The van der Waals surface area contributed by atoms with Crippen LogP contribution in [-0.2, 0) is 0 Å². The molecule has 0 radical (unpaired) electrons. The van der Waals surface area contributed by atoms with Gasteiger partial charge in [-0.2, -0.15) is 0 Å². The van der Waals surface area contributed by atoms with E-state index in [-0.39, 0.29) is 18.0 Å². The van der Waals surface area contributed by atoms with Gasteiger partial charge < -0.3 is 24.1 Å². The van der Waals surface area contributed by atoms with Crippen molar-refractivity contribution >= 4 is 31.9 Å². The van der Waals surface area contributed by atoms with E-state index in [0.717, 1.165) is 71.6 Å². The van der Waals surface area contributed by atoms with E-state index in [9.17, 15) is 5.11 Å². The van der Waals surface area contributed by atoms with Gasteiger partial charge >= 0.3 is 0 Å². The van der Waals surface area contributed by atoms with Crippen molar-refractivity contribution in [2.45, 2.75) is 133 Å². The van der Waals surface area contributed by atoms with Crippen LogP contribution in [0.25, 0.3) is 34.2 Å². The lowest BCUT2D eigenvalue weighted by molar-refractivity contribution is 0.163. The molecule has 4 unspecified atom stereocenters. The summed E-state index contributed by atoms with van der Waals surface area (Å²) < 4.78 is 25.1. The van der Waals surface area contributed by atoms with Crippen molar-refractivity contribution < 1.29 is 24.1 Å². The van der Waals surface area contributed by atoms with Crippen molar-refractivity contribution in [2.75, 3.05) is 6.61 Å². The Hall–Kier alpha value is -4.15. The molecule has 5 aromatic rings. The molecule has 59 heavy (non-hydrogen) atoms. The van der Waals surface area contributed by atoms with Gasteiger partial charge in [0.25, 0.3) is 0 Å². The first-order valence-corrected chi connectivity index (χ1v) is 23.4. The first-order chi connectivity index (χ1) is 28.7. The van der Waals surface area contributed by atoms with Crippen LogP contribution in [0.5, 0.6) is 34.5 Å². The van der Waals surface area contributed by atoms with Crippen LogP contribution in [0.1, 0.15) is 108 Å². The number of aryl methyl sites for hydroxylation is 2.